The van der Waals surface area contributed by atoms with E-state index in [1.165, 1.54) is 35.1 Å². The number of benzene rings is 2. The molecule has 2 aromatic carbocycles. The Hall–Kier alpha value is -3.52. The van der Waals surface area contributed by atoms with Crippen molar-refractivity contribution >= 4 is 11.6 Å². The topological polar surface area (TPSA) is 110 Å². The number of hydroxylamine groups is 1. The summed E-state index contributed by atoms with van der Waals surface area (Å²) in [4.78, 5) is 22.1. The summed E-state index contributed by atoms with van der Waals surface area (Å²) >= 11 is 0. The van der Waals surface area contributed by atoms with Gasteiger partial charge in [-0.25, -0.2) is 10.2 Å². The summed E-state index contributed by atoms with van der Waals surface area (Å²) in [5.74, 6) is -0.717. The van der Waals surface area contributed by atoms with Gasteiger partial charge in [-0.1, -0.05) is 18.2 Å². The first kappa shape index (κ1) is 15.4. The van der Waals surface area contributed by atoms with Crippen LogP contribution in [0, 0.1) is 10.1 Å². The standard InChI is InChI=1S/C16H12N4O4/c21-16(18-22)14-10-19(12-4-2-1-3-5-12)17-15(14)11-6-8-13(9-7-11)20(23)24/h1-10,22H,(H,18,21). The zero-order valence-electron chi connectivity index (χ0n) is 12.3. The second-order valence-electron chi connectivity index (χ2n) is 4.92. The van der Waals surface area contributed by atoms with Crippen molar-refractivity contribution in [1.29, 1.82) is 0 Å². The van der Waals surface area contributed by atoms with Gasteiger partial charge in [0.1, 0.15) is 5.69 Å². The highest BCUT2D eigenvalue weighted by molar-refractivity contribution is 5.99. The van der Waals surface area contributed by atoms with E-state index in [0.717, 1.165) is 5.69 Å². The van der Waals surface area contributed by atoms with Crippen LogP contribution in [0.15, 0.2) is 60.8 Å². The molecule has 8 nitrogen and oxygen atoms in total. The maximum Gasteiger partial charge on any atom is 0.278 e. The highest BCUT2D eigenvalue weighted by Crippen LogP contribution is 2.25. The van der Waals surface area contributed by atoms with Crippen molar-refractivity contribution in [3.8, 4) is 16.9 Å². The molecule has 0 aliphatic rings. The Morgan fingerprint density at radius 2 is 1.79 bits per heavy atom. The Labute approximate surface area is 136 Å². The molecule has 0 saturated carbocycles. The Balaban J connectivity index is 2.10. The van der Waals surface area contributed by atoms with Gasteiger partial charge in [0.25, 0.3) is 11.6 Å². The van der Waals surface area contributed by atoms with E-state index in [-0.39, 0.29) is 11.3 Å². The van der Waals surface area contributed by atoms with E-state index in [4.69, 9.17) is 5.21 Å². The SMILES string of the molecule is O=C(NO)c1cn(-c2ccccc2)nc1-c1ccc([N+](=O)[O-])cc1. The van der Waals surface area contributed by atoms with Gasteiger partial charge in [-0.15, -0.1) is 0 Å². The van der Waals surface area contributed by atoms with E-state index < -0.39 is 10.8 Å². The molecule has 3 aromatic rings. The molecule has 2 N–H and O–H groups in total. The molecule has 0 saturated heterocycles. The lowest BCUT2D eigenvalue weighted by Crippen LogP contribution is -2.18. The molecule has 0 radical (unpaired) electrons. The third-order valence-electron chi connectivity index (χ3n) is 3.43. The molecule has 0 aliphatic heterocycles. The lowest BCUT2D eigenvalue weighted by atomic mass is 10.1. The fourth-order valence-corrected chi connectivity index (χ4v) is 2.27. The number of amides is 1. The quantitative estimate of drug-likeness (QED) is 0.435. The number of carbonyl (C=O) groups excluding carboxylic acids is 1. The molecule has 0 bridgehead atoms. The number of carbonyl (C=O) groups is 1. The zero-order valence-corrected chi connectivity index (χ0v) is 12.3. The van der Waals surface area contributed by atoms with Crippen LogP contribution in [-0.2, 0) is 0 Å². The molecule has 0 unspecified atom stereocenters. The van der Waals surface area contributed by atoms with Gasteiger partial charge in [0, 0.05) is 23.9 Å². The van der Waals surface area contributed by atoms with Crippen molar-refractivity contribution < 1.29 is 14.9 Å². The first-order valence-corrected chi connectivity index (χ1v) is 6.94. The molecule has 1 amide bonds. The number of hydrogen-bond donors (Lipinski definition) is 2. The van der Waals surface area contributed by atoms with Crippen molar-refractivity contribution in [1.82, 2.24) is 15.3 Å². The van der Waals surface area contributed by atoms with Gasteiger partial charge in [0.2, 0.25) is 0 Å². The number of nitro groups is 1. The first-order chi connectivity index (χ1) is 11.6. The van der Waals surface area contributed by atoms with Crippen LogP contribution in [0.1, 0.15) is 10.4 Å². The monoisotopic (exact) mass is 324 g/mol. The highest BCUT2D eigenvalue weighted by atomic mass is 16.6. The van der Waals surface area contributed by atoms with Crippen molar-refractivity contribution in [3.05, 3.63) is 76.5 Å². The number of non-ortho nitro benzene ring substituents is 1. The fraction of sp³-hybridized carbons (Fsp3) is 0. The summed E-state index contributed by atoms with van der Waals surface area (Å²) in [6, 6.07) is 14.8. The molecule has 0 aliphatic carbocycles. The van der Waals surface area contributed by atoms with Crippen LogP contribution >= 0.6 is 0 Å². The second-order valence-corrected chi connectivity index (χ2v) is 4.92. The third kappa shape index (κ3) is 2.85. The highest BCUT2D eigenvalue weighted by Gasteiger charge is 2.19. The fourth-order valence-electron chi connectivity index (χ4n) is 2.27. The van der Waals surface area contributed by atoms with E-state index in [9.17, 15) is 14.9 Å². The lowest BCUT2D eigenvalue weighted by molar-refractivity contribution is -0.384. The number of rotatable bonds is 4. The average molecular weight is 324 g/mol. The smallest absolute Gasteiger partial charge is 0.278 e. The van der Waals surface area contributed by atoms with Crippen LogP contribution in [0.4, 0.5) is 5.69 Å². The van der Waals surface area contributed by atoms with E-state index in [0.29, 0.717) is 11.3 Å². The summed E-state index contributed by atoms with van der Waals surface area (Å²) in [5.41, 5.74) is 3.23. The van der Waals surface area contributed by atoms with Crippen LogP contribution in [0.25, 0.3) is 16.9 Å². The van der Waals surface area contributed by atoms with Gasteiger partial charge in [-0.05, 0) is 24.3 Å². The summed E-state index contributed by atoms with van der Waals surface area (Å²) in [5, 5.41) is 24.0. The van der Waals surface area contributed by atoms with Crippen LogP contribution in [0.2, 0.25) is 0 Å². The van der Waals surface area contributed by atoms with Crippen molar-refractivity contribution in [2.24, 2.45) is 0 Å². The normalized spacial score (nSPS) is 10.4. The van der Waals surface area contributed by atoms with Crippen molar-refractivity contribution in [2.75, 3.05) is 0 Å². The van der Waals surface area contributed by atoms with Gasteiger partial charge < -0.3 is 0 Å². The molecule has 0 spiro atoms. The molecule has 120 valence electrons. The van der Waals surface area contributed by atoms with Gasteiger partial charge in [0.15, 0.2) is 0 Å². The minimum absolute atomic E-state index is 0.0607. The molecule has 0 atom stereocenters. The molecule has 1 aromatic heterocycles. The van der Waals surface area contributed by atoms with E-state index in [1.54, 1.807) is 5.48 Å². The second kappa shape index (κ2) is 6.31. The number of nitrogens with zero attached hydrogens (tertiary/aromatic N) is 3. The maximum atomic E-state index is 11.9. The Kier molecular flexibility index (Phi) is 4.04. The average Bonchev–Trinajstić information content (AvgIpc) is 3.07. The minimum atomic E-state index is -0.717. The summed E-state index contributed by atoms with van der Waals surface area (Å²) in [6.07, 6.45) is 1.48. The van der Waals surface area contributed by atoms with Crippen LogP contribution in [-0.4, -0.2) is 25.8 Å². The van der Waals surface area contributed by atoms with E-state index >= 15 is 0 Å². The number of hydrogen-bond acceptors (Lipinski definition) is 5. The van der Waals surface area contributed by atoms with E-state index in [2.05, 4.69) is 5.10 Å². The third-order valence-corrected chi connectivity index (χ3v) is 3.43. The number of nitro benzene ring substituents is 1. The molecule has 24 heavy (non-hydrogen) atoms. The Morgan fingerprint density at radius 3 is 2.38 bits per heavy atom. The van der Waals surface area contributed by atoms with Gasteiger partial charge in [0.05, 0.1) is 16.2 Å². The predicted octanol–water partition coefficient (Wildman–Crippen LogP) is 2.57. The first-order valence-electron chi connectivity index (χ1n) is 6.94. The Bertz CT molecular complexity index is 888. The lowest BCUT2D eigenvalue weighted by Gasteiger charge is -2.01. The van der Waals surface area contributed by atoms with Gasteiger partial charge in [-0.3, -0.25) is 20.1 Å². The van der Waals surface area contributed by atoms with Gasteiger partial charge >= 0.3 is 0 Å². The zero-order chi connectivity index (χ0) is 17.1. The molecule has 0 fully saturated rings. The van der Waals surface area contributed by atoms with Crippen LogP contribution in [0.5, 0.6) is 0 Å². The predicted molar refractivity (Wildman–Crippen MR) is 84.9 cm³/mol. The maximum absolute atomic E-state index is 11.9. The summed E-state index contributed by atoms with van der Waals surface area (Å²) in [7, 11) is 0. The van der Waals surface area contributed by atoms with Gasteiger partial charge in [-0.2, -0.15) is 5.10 Å². The number of para-hydroxylation sites is 1. The van der Waals surface area contributed by atoms with Crippen LogP contribution < -0.4 is 5.48 Å². The molecule has 3 rings (SSSR count). The van der Waals surface area contributed by atoms with E-state index in [1.807, 2.05) is 30.3 Å². The largest absolute Gasteiger partial charge is 0.288 e. The number of aromatic nitrogens is 2. The molecule has 1 heterocycles. The van der Waals surface area contributed by atoms with Crippen molar-refractivity contribution in [2.45, 2.75) is 0 Å². The summed E-state index contributed by atoms with van der Waals surface area (Å²) < 4.78 is 1.50. The molecular formula is C16H12N4O4. The summed E-state index contributed by atoms with van der Waals surface area (Å²) in [6.45, 7) is 0. The van der Waals surface area contributed by atoms with Crippen molar-refractivity contribution in [3.63, 3.8) is 0 Å². The molecular weight excluding hydrogens is 312 g/mol. The molecule has 8 heteroatoms. The Morgan fingerprint density at radius 1 is 1.12 bits per heavy atom. The van der Waals surface area contributed by atoms with Crippen LogP contribution in [0.3, 0.4) is 0 Å². The number of nitrogens with one attached hydrogen (secondary N) is 1. The minimum Gasteiger partial charge on any atom is -0.288 e.